The quantitative estimate of drug-likeness (QED) is 0.386. The predicted molar refractivity (Wildman–Crippen MR) is 41.6 cm³/mol. The Kier molecular flexibility index (Phi) is 4.10. The molecule has 0 aliphatic heterocycles. The van der Waals surface area contributed by atoms with E-state index in [1.165, 1.54) is 7.05 Å². The van der Waals surface area contributed by atoms with Crippen molar-refractivity contribution in [2.45, 2.75) is 6.04 Å². The lowest BCUT2D eigenvalue weighted by molar-refractivity contribution is -0.138. The summed E-state index contributed by atoms with van der Waals surface area (Å²) in [5, 5.41) is 8.27. The Hall–Kier alpha value is -0.700. The van der Waals surface area contributed by atoms with Crippen molar-refractivity contribution < 1.29 is 18.3 Å². The Morgan fingerprint density at radius 1 is 1.67 bits per heavy atom. The van der Waals surface area contributed by atoms with Gasteiger partial charge in [0.1, 0.15) is 6.04 Å². The standard InChI is InChI=1S/C4H11N3O4S/c1-6-12(10,11)7-2-3(5)4(8)9/h3,6-7H,2,5H2,1H3,(H,8,9)/t3-/m0/s1. The van der Waals surface area contributed by atoms with Gasteiger partial charge < -0.3 is 10.8 Å². The second-order valence-electron chi connectivity index (χ2n) is 2.00. The van der Waals surface area contributed by atoms with Gasteiger partial charge in [-0.05, 0) is 0 Å². The number of aliphatic carboxylic acids is 1. The first-order chi connectivity index (χ1) is 5.39. The summed E-state index contributed by atoms with van der Waals surface area (Å²) < 4.78 is 25.2. The molecule has 0 aliphatic carbocycles. The number of nitrogens with one attached hydrogen (secondary N) is 2. The second kappa shape index (κ2) is 4.36. The lowest BCUT2D eigenvalue weighted by atomic mass is 10.3. The van der Waals surface area contributed by atoms with Crippen LogP contribution in [0.1, 0.15) is 0 Å². The number of carboxylic acids is 1. The average molecular weight is 197 g/mol. The fourth-order valence-electron chi connectivity index (χ4n) is 0.359. The van der Waals surface area contributed by atoms with Gasteiger partial charge in [-0.3, -0.25) is 4.79 Å². The van der Waals surface area contributed by atoms with Crippen LogP contribution in [-0.2, 0) is 15.0 Å². The van der Waals surface area contributed by atoms with Crippen molar-refractivity contribution in [3.05, 3.63) is 0 Å². The van der Waals surface area contributed by atoms with Crippen molar-refractivity contribution in [1.29, 1.82) is 0 Å². The van der Waals surface area contributed by atoms with Gasteiger partial charge in [0.2, 0.25) is 0 Å². The van der Waals surface area contributed by atoms with Gasteiger partial charge in [-0.15, -0.1) is 0 Å². The summed E-state index contributed by atoms with van der Waals surface area (Å²) in [6.07, 6.45) is 0. The van der Waals surface area contributed by atoms with Crippen molar-refractivity contribution in [2.24, 2.45) is 5.73 Å². The minimum atomic E-state index is -3.59. The molecule has 5 N–H and O–H groups in total. The zero-order chi connectivity index (χ0) is 9.78. The Bertz CT molecular complexity index is 249. The fraction of sp³-hybridized carbons (Fsp3) is 0.750. The molecule has 0 aromatic carbocycles. The average Bonchev–Trinajstić information content (AvgIpc) is 2.00. The van der Waals surface area contributed by atoms with E-state index in [4.69, 9.17) is 10.8 Å². The molecule has 72 valence electrons. The van der Waals surface area contributed by atoms with Gasteiger partial charge in [0.15, 0.2) is 0 Å². The van der Waals surface area contributed by atoms with Crippen molar-refractivity contribution >= 4 is 16.2 Å². The highest BCUT2D eigenvalue weighted by atomic mass is 32.2. The summed E-state index contributed by atoms with van der Waals surface area (Å²) in [5.74, 6) is -1.26. The molecule has 0 amide bonds. The maximum absolute atomic E-state index is 10.7. The zero-order valence-electron chi connectivity index (χ0n) is 6.44. The normalized spacial score (nSPS) is 14.2. The topological polar surface area (TPSA) is 122 Å². The van der Waals surface area contributed by atoms with Gasteiger partial charge >= 0.3 is 5.97 Å². The number of hydrogen-bond donors (Lipinski definition) is 4. The first-order valence-corrected chi connectivity index (χ1v) is 4.54. The molecule has 0 saturated carbocycles. The number of hydrogen-bond acceptors (Lipinski definition) is 4. The summed E-state index contributed by atoms with van der Waals surface area (Å²) in [4.78, 5) is 10.1. The molecule has 7 nitrogen and oxygen atoms in total. The van der Waals surface area contributed by atoms with Gasteiger partial charge in [-0.25, -0.2) is 9.44 Å². The van der Waals surface area contributed by atoms with E-state index in [-0.39, 0.29) is 6.54 Å². The van der Waals surface area contributed by atoms with Gasteiger partial charge in [-0.2, -0.15) is 8.42 Å². The van der Waals surface area contributed by atoms with Gasteiger partial charge in [0.05, 0.1) is 0 Å². The van der Waals surface area contributed by atoms with E-state index < -0.39 is 22.2 Å². The third-order valence-electron chi connectivity index (χ3n) is 1.08. The molecular formula is C4H11N3O4S. The summed E-state index contributed by atoms with van der Waals surface area (Å²) in [5.41, 5.74) is 5.02. The third-order valence-corrected chi connectivity index (χ3v) is 2.16. The zero-order valence-corrected chi connectivity index (χ0v) is 7.26. The summed E-state index contributed by atoms with van der Waals surface area (Å²) in [7, 11) is -2.39. The molecule has 1 atom stereocenters. The molecule has 0 aromatic rings. The molecule has 0 fully saturated rings. The molecule has 0 rings (SSSR count). The molecule has 0 unspecified atom stereocenters. The fourth-order valence-corrected chi connectivity index (χ4v) is 0.902. The Morgan fingerprint density at radius 3 is 2.50 bits per heavy atom. The first-order valence-electron chi connectivity index (χ1n) is 3.05. The Morgan fingerprint density at radius 2 is 2.17 bits per heavy atom. The van der Waals surface area contributed by atoms with E-state index in [0.29, 0.717) is 0 Å². The van der Waals surface area contributed by atoms with Gasteiger partial charge in [0, 0.05) is 13.6 Å². The van der Waals surface area contributed by atoms with E-state index >= 15 is 0 Å². The maximum atomic E-state index is 10.7. The van der Waals surface area contributed by atoms with Crippen LogP contribution in [0.2, 0.25) is 0 Å². The lowest BCUT2D eigenvalue weighted by Crippen LogP contribution is -2.45. The van der Waals surface area contributed by atoms with Crippen molar-refractivity contribution in [3.63, 3.8) is 0 Å². The molecule has 0 spiro atoms. The largest absolute Gasteiger partial charge is 0.480 e. The van der Waals surface area contributed by atoms with E-state index in [1.54, 1.807) is 0 Å². The molecule has 0 radical (unpaired) electrons. The number of carbonyl (C=O) groups is 1. The smallest absolute Gasteiger partial charge is 0.321 e. The molecule has 0 saturated heterocycles. The van der Waals surface area contributed by atoms with Crippen LogP contribution in [0.15, 0.2) is 0 Å². The van der Waals surface area contributed by atoms with Crippen LogP contribution in [0.25, 0.3) is 0 Å². The Balaban J connectivity index is 3.92. The van der Waals surface area contributed by atoms with Crippen LogP contribution in [-0.4, -0.2) is 39.1 Å². The highest BCUT2D eigenvalue weighted by molar-refractivity contribution is 7.87. The monoisotopic (exact) mass is 197 g/mol. The summed E-state index contributed by atoms with van der Waals surface area (Å²) in [6, 6.07) is -1.23. The van der Waals surface area contributed by atoms with E-state index in [0.717, 1.165) is 0 Å². The van der Waals surface area contributed by atoms with Gasteiger partial charge in [0.25, 0.3) is 10.2 Å². The summed E-state index contributed by atoms with van der Waals surface area (Å²) >= 11 is 0. The van der Waals surface area contributed by atoms with Crippen molar-refractivity contribution in [3.8, 4) is 0 Å². The first kappa shape index (κ1) is 11.3. The molecule has 8 heteroatoms. The molecule has 0 bridgehead atoms. The van der Waals surface area contributed by atoms with E-state index in [9.17, 15) is 13.2 Å². The number of nitrogens with two attached hydrogens (primary N) is 1. The van der Waals surface area contributed by atoms with Crippen LogP contribution >= 0.6 is 0 Å². The minimum absolute atomic E-state index is 0.335. The number of rotatable bonds is 5. The van der Waals surface area contributed by atoms with Crippen LogP contribution < -0.4 is 15.2 Å². The molecule has 0 heterocycles. The predicted octanol–water partition coefficient (Wildman–Crippen LogP) is -2.55. The van der Waals surface area contributed by atoms with Crippen molar-refractivity contribution in [1.82, 2.24) is 9.44 Å². The van der Waals surface area contributed by atoms with E-state index in [2.05, 4.69) is 0 Å². The lowest BCUT2D eigenvalue weighted by Gasteiger charge is -2.07. The van der Waals surface area contributed by atoms with E-state index in [1.807, 2.05) is 9.44 Å². The van der Waals surface area contributed by atoms with Crippen LogP contribution in [0.3, 0.4) is 0 Å². The van der Waals surface area contributed by atoms with Crippen LogP contribution in [0.5, 0.6) is 0 Å². The van der Waals surface area contributed by atoms with Crippen molar-refractivity contribution in [2.75, 3.05) is 13.6 Å². The van der Waals surface area contributed by atoms with Crippen LogP contribution in [0.4, 0.5) is 0 Å². The maximum Gasteiger partial charge on any atom is 0.321 e. The summed E-state index contributed by atoms with van der Waals surface area (Å²) in [6.45, 7) is -0.335. The highest BCUT2D eigenvalue weighted by Crippen LogP contribution is 1.78. The van der Waals surface area contributed by atoms with Crippen LogP contribution in [0, 0.1) is 0 Å². The minimum Gasteiger partial charge on any atom is -0.480 e. The molecule has 0 aromatic heterocycles. The molecular weight excluding hydrogens is 186 g/mol. The molecule has 12 heavy (non-hydrogen) atoms. The second-order valence-corrected chi connectivity index (χ2v) is 3.70. The highest BCUT2D eigenvalue weighted by Gasteiger charge is 2.14. The SMILES string of the molecule is CNS(=O)(=O)NC[C@H](N)C(=O)O. The number of carboxylic acid groups (broad SMARTS) is 1. The third kappa shape index (κ3) is 4.23. The molecule has 0 aliphatic rings. The Labute approximate surface area is 70.1 Å². The van der Waals surface area contributed by atoms with Gasteiger partial charge in [-0.1, -0.05) is 0 Å².